The number of rotatable bonds is 5. The van der Waals surface area contributed by atoms with Crippen LogP contribution in [0.3, 0.4) is 0 Å². The van der Waals surface area contributed by atoms with E-state index in [-0.39, 0.29) is 10.5 Å². The number of ether oxygens (including phenoxy) is 1. The minimum Gasteiger partial charge on any atom is -0.495 e. The highest BCUT2D eigenvalue weighted by molar-refractivity contribution is 9.10. The average Bonchev–Trinajstić information content (AvgIpc) is 3.17. The first-order chi connectivity index (χ1) is 12.8. The zero-order valence-corrected chi connectivity index (χ0v) is 17.7. The van der Waals surface area contributed by atoms with Crippen molar-refractivity contribution in [3.63, 3.8) is 0 Å². The molecule has 1 aliphatic rings. The molecule has 0 unspecified atom stereocenters. The molecule has 0 bridgehead atoms. The summed E-state index contributed by atoms with van der Waals surface area (Å²) in [5.41, 5.74) is 0.702. The van der Waals surface area contributed by atoms with Gasteiger partial charge in [-0.25, -0.2) is 8.42 Å². The molecule has 6 nitrogen and oxygen atoms in total. The van der Waals surface area contributed by atoms with Gasteiger partial charge >= 0.3 is 0 Å². The molecule has 27 heavy (non-hydrogen) atoms. The molecule has 3 rings (SSSR count). The third-order valence-electron chi connectivity index (χ3n) is 4.29. The predicted octanol–water partition coefficient (Wildman–Crippen LogP) is 4.15. The van der Waals surface area contributed by atoms with Crippen molar-refractivity contribution in [1.29, 1.82) is 0 Å². The monoisotopic (exact) mass is 472 g/mol. The third-order valence-corrected chi connectivity index (χ3v) is 7.18. The van der Waals surface area contributed by atoms with Crippen LogP contribution in [0.4, 0.5) is 5.69 Å². The fraction of sp³-hybridized carbons (Fsp3) is 0.278. The van der Waals surface area contributed by atoms with E-state index < -0.39 is 15.9 Å². The summed E-state index contributed by atoms with van der Waals surface area (Å²) in [5, 5.41) is 3.08. The molecule has 1 amide bonds. The molecule has 144 valence electrons. The van der Waals surface area contributed by atoms with E-state index in [0.29, 0.717) is 34.0 Å². The normalized spacial score (nSPS) is 14.9. The van der Waals surface area contributed by atoms with Crippen LogP contribution in [0.25, 0.3) is 0 Å². The van der Waals surface area contributed by atoms with Gasteiger partial charge in [-0.05, 0) is 65.2 Å². The lowest BCUT2D eigenvalue weighted by Crippen LogP contribution is -2.28. The highest BCUT2D eigenvalue weighted by Gasteiger charge is 2.28. The lowest BCUT2D eigenvalue weighted by Gasteiger charge is -2.16. The van der Waals surface area contributed by atoms with E-state index >= 15 is 0 Å². The summed E-state index contributed by atoms with van der Waals surface area (Å²) in [4.78, 5) is 12.8. The quantitative estimate of drug-likeness (QED) is 0.708. The lowest BCUT2D eigenvalue weighted by molar-refractivity contribution is 0.102. The van der Waals surface area contributed by atoms with Crippen molar-refractivity contribution >= 4 is 49.1 Å². The van der Waals surface area contributed by atoms with E-state index in [9.17, 15) is 13.2 Å². The fourth-order valence-electron chi connectivity index (χ4n) is 2.86. The zero-order valence-electron chi connectivity index (χ0n) is 14.5. The van der Waals surface area contributed by atoms with Crippen molar-refractivity contribution in [3.05, 3.63) is 51.5 Å². The first kappa shape index (κ1) is 20.1. The zero-order chi connectivity index (χ0) is 19.6. The number of carbonyl (C=O) groups excluding carboxylic acids is 1. The number of halogens is 2. The van der Waals surface area contributed by atoms with Crippen LogP contribution in [0, 0.1) is 0 Å². The van der Waals surface area contributed by atoms with Crippen LogP contribution >= 0.6 is 27.5 Å². The summed E-state index contributed by atoms with van der Waals surface area (Å²) in [6.45, 7) is 1.01. The Balaban J connectivity index is 1.87. The molecule has 9 heteroatoms. The Labute approximate surface area is 171 Å². The summed E-state index contributed by atoms with van der Waals surface area (Å²) in [7, 11) is -2.10. The Morgan fingerprint density at radius 2 is 1.89 bits per heavy atom. The minimum atomic E-state index is -3.61. The lowest BCUT2D eigenvalue weighted by atomic mass is 10.2. The number of sulfonamides is 1. The van der Waals surface area contributed by atoms with Gasteiger partial charge in [-0.15, -0.1) is 0 Å². The van der Waals surface area contributed by atoms with Crippen LogP contribution in [0.1, 0.15) is 23.2 Å². The van der Waals surface area contributed by atoms with Crippen molar-refractivity contribution < 1.29 is 17.9 Å². The maximum atomic E-state index is 12.7. The van der Waals surface area contributed by atoms with Gasteiger partial charge < -0.3 is 10.1 Å². The molecule has 0 radical (unpaired) electrons. The van der Waals surface area contributed by atoms with Crippen molar-refractivity contribution in [2.75, 3.05) is 25.5 Å². The Kier molecular flexibility index (Phi) is 6.10. The van der Waals surface area contributed by atoms with Gasteiger partial charge in [-0.2, -0.15) is 4.31 Å². The molecule has 0 aliphatic carbocycles. The van der Waals surface area contributed by atoms with Gasteiger partial charge in [-0.3, -0.25) is 4.79 Å². The van der Waals surface area contributed by atoms with E-state index in [1.807, 2.05) is 0 Å². The van der Waals surface area contributed by atoms with Gasteiger partial charge in [0.1, 0.15) is 5.75 Å². The maximum absolute atomic E-state index is 12.7. The number of anilines is 1. The van der Waals surface area contributed by atoms with E-state index in [1.165, 1.54) is 23.5 Å². The average molecular weight is 474 g/mol. The number of nitrogens with one attached hydrogen (secondary N) is 1. The second kappa shape index (κ2) is 8.18. The van der Waals surface area contributed by atoms with Crippen LogP contribution in [0.5, 0.6) is 5.75 Å². The third kappa shape index (κ3) is 4.29. The van der Waals surface area contributed by atoms with Crippen LogP contribution in [-0.4, -0.2) is 38.8 Å². The Hall–Kier alpha value is -1.61. The second-order valence-electron chi connectivity index (χ2n) is 6.06. The van der Waals surface area contributed by atoms with E-state index in [2.05, 4.69) is 21.2 Å². The van der Waals surface area contributed by atoms with Gasteiger partial charge in [0.25, 0.3) is 5.91 Å². The maximum Gasteiger partial charge on any atom is 0.256 e. The largest absolute Gasteiger partial charge is 0.495 e. The number of hydrogen-bond acceptors (Lipinski definition) is 4. The second-order valence-corrected chi connectivity index (χ2v) is 9.26. The number of nitrogens with zero attached hydrogens (tertiary/aromatic N) is 1. The summed E-state index contributed by atoms with van der Waals surface area (Å²) in [6, 6.07) is 9.31. The number of benzene rings is 2. The number of methoxy groups -OCH3 is 1. The van der Waals surface area contributed by atoms with E-state index in [4.69, 9.17) is 16.3 Å². The summed E-state index contributed by atoms with van der Waals surface area (Å²) in [5.74, 6) is 0.0520. The molecule has 0 atom stereocenters. The number of amides is 1. The Morgan fingerprint density at radius 1 is 1.19 bits per heavy atom. The van der Waals surface area contributed by atoms with Crippen molar-refractivity contribution in [2.24, 2.45) is 0 Å². The first-order valence-corrected chi connectivity index (χ1v) is 10.9. The molecule has 1 heterocycles. The van der Waals surface area contributed by atoms with Crippen LogP contribution in [0.2, 0.25) is 5.02 Å². The summed E-state index contributed by atoms with van der Waals surface area (Å²) >= 11 is 9.39. The number of carbonyl (C=O) groups is 1. The molecule has 2 aromatic rings. The molecule has 1 aliphatic heterocycles. The standard InChI is InChI=1S/C18H18BrClN2O4S/c1-26-17-7-4-12(10-16(17)20)21-18(23)14-11-13(5-6-15(14)19)27(24,25)22-8-2-3-9-22/h4-7,10-11H,2-3,8-9H2,1H3,(H,21,23). The van der Waals surface area contributed by atoms with Gasteiger partial charge in [-0.1, -0.05) is 11.6 Å². The molecule has 1 saturated heterocycles. The highest BCUT2D eigenvalue weighted by Crippen LogP contribution is 2.29. The van der Waals surface area contributed by atoms with Crippen LogP contribution < -0.4 is 10.1 Å². The smallest absolute Gasteiger partial charge is 0.256 e. The molecule has 1 N–H and O–H groups in total. The SMILES string of the molecule is COc1ccc(NC(=O)c2cc(S(=O)(=O)N3CCCC3)ccc2Br)cc1Cl. The Bertz CT molecular complexity index is 975. The van der Waals surface area contributed by atoms with Gasteiger partial charge in [0.2, 0.25) is 10.0 Å². The van der Waals surface area contributed by atoms with Crippen molar-refractivity contribution in [3.8, 4) is 5.75 Å². The Morgan fingerprint density at radius 3 is 2.52 bits per heavy atom. The topological polar surface area (TPSA) is 75.7 Å². The highest BCUT2D eigenvalue weighted by atomic mass is 79.9. The van der Waals surface area contributed by atoms with Gasteiger partial charge in [0.15, 0.2) is 0 Å². The van der Waals surface area contributed by atoms with E-state index in [0.717, 1.165) is 12.8 Å². The fourth-order valence-corrected chi connectivity index (χ4v) is 5.09. The van der Waals surface area contributed by atoms with Crippen LogP contribution in [-0.2, 0) is 10.0 Å². The first-order valence-electron chi connectivity index (χ1n) is 8.27. The molecular formula is C18H18BrClN2O4S. The summed E-state index contributed by atoms with van der Waals surface area (Å²) < 4.78 is 32.5. The molecule has 0 saturated carbocycles. The minimum absolute atomic E-state index is 0.102. The van der Waals surface area contributed by atoms with Gasteiger partial charge in [0.05, 0.1) is 22.6 Å². The molecule has 1 fully saturated rings. The predicted molar refractivity (Wildman–Crippen MR) is 108 cm³/mol. The van der Waals surface area contributed by atoms with E-state index in [1.54, 1.807) is 24.3 Å². The molecule has 0 aromatic heterocycles. The van der Waals surface area contributed by atoms with Crippen LogP contribution in [0.15, 0.2) is 45.8 Å². The molecule has 0 spiro atoms. The summed E-state index contributed by atoms with van der Waals surface area (Å²) in [6.07, 6.45) is 1.70. The van der Waals surface area contributed by atoms with Crippen molar-refractivity contribution in [1.82, 2.24) is 4.31 Å². The van der Waals surface area contributed by atoms with Crippen molar-refractivity contribution in [2.45, 2.75) is 17.7 Å². The number of hydrogen-bond donors (Lipinski definition) is 1. The molecule has 2 aromatic carbocycles. The molecular weight excluding hydrogens is 456 g/mol. The van der Waals surface area contributed by atoms with Gasteiger partial charge in [0, 0.05) is 23.2 Å².